The lowest BCUT2D eigenvalue weighted by Gasteiger charge is -2.18. The van der Waals surface area contributed by atoms with Gasteiger partial charge >= 0.3 is 0 Å². The molecule has 0 spiro atoms. The summed E-state index contributed by atoms with van der Waals surface area (Å²) in [6.45, 7) is 2.20. The first-order valence-electron chi connectivity index (χ1n) is 7.87. The van der Waals surface area contributed by atoms with Crippen molar-refractivity contribution in [3.05, 3.63) is 60.4 Å². The Morgan fingerprint density at radius 3 is 2.61 bits per heavy atom. The van der Waals surface area contributed by atoms with Crippen LogP contribution in [0.15, 0.2) is 59.6 Å². The van der Waals surface area contributed by atoms with Gasteiger partial charge < -0.3 is 4.57 Å². The molecule has 2 aromatic carbocycles. The van der Waals surface area contributed by atoms with Crippen molar-refractivity contribution in [3.8, 4) is 11.3 Å². The van der Waals surface area contributed by atoms with E-state index >= 15 is 0 Å². The maximum Gasteiger partial charge on any atom is 0.222 e. The third-order valence-electron chi connectivity index (χ3n) is 4.90. The van der Waals surface area contributed by atoms with Crippen molar-refractivity contribution in [2.45, 2.75) is 17.7 Å². The molecule has 0 N–H and O–H groups in total. The highest BCUT2D eigenvalue weighted by atomic mass is 32.2. The van der Waals surface area contributed by atoms with E-state index in [0.717, 1.165) is 5.88 Å². The lowest BCUT2D eigenvalue weighted by Crippen LogP contribution is -2.38. The fourth-order valence-electron chi connectivity index (χ4n) is 3.67. The van der Waals surface area contributed by atoms with Gasteiger partial charge in [0.25, 0.3) is 0 Å². The zero-order valence-corrected chi connectivity index (χ0v) is 14.0. The van der Waals surface area contributed by atoms with E-state index in [9.17, 15) is 0 Å². The van der Waals surface area contributed by atoms with E-state index in [-0.39, 0.29) is 0 Å². The molecule has 0 radical (unpaired) electrons. The van der Waals surface area contributed by atoms with Gasteiger partial charge in [-0.1, -0.05) is 30.0 Å². The van der Waals surface area contributed by atoms with Crippen LogP contribution in [0, 0.1) is 6.92 Å². The number of hydrogen-bond donors (Lipinski definition) is 0. The zero-order valence-electron chi connectivity index (χ0n) is 13.2. The molecule has 3 heteroatoms. The number of pyridine rings is 1. The zero-order chi connectivity index (χ0) is 15.6. The monoisotopic (exact) mass is 317 g/mol. The van der Waals surface area contributed by atoms with Crippen molar-refractivity contribution in [2.75, 3.05) is 0 Å². The molecule has 3 heterocycles. The number of rotatable bonds is 1. The Balaban J connectivity index is 1.99. The van der Waals surface area contributed by atoms with Gasteiger partial charge in [-0.3, -0.25) is 0 Å². The molecule has 0 unspecified atom stereocenters. The maximum atomic E-state index is 2.45. The summed E-state index contributed by atoms with van der Waals surface area (Å²) in [6, 6.07) is 17.8. The van der Waals surface area contributed by atoms with Gasteiger partial charge in [0, 0.05) is 47.8 Å². The van der Waals surface area contributed by atoms with Crippen molar-refractivity contribution in [1.29, 1.82) is 0 Å². The van der Waals surface area contributed by atoms with Crippen LogP contribution in [0.25, 0.3) is 32.9 Å². The van der Waals surface area contributed by atoms with E-state index in [2.05, 4.69) is 77.8 Å². The molecule has 0 bridgehead atoms. The van der Waals surface area contributed by atoms with E-state index in [1.54, 1.807) is 0 Å². The van der Waals surface area contributed by atoms with Crippen LogP contribution >= 0.6 is 11.8 Å². The van der Waals surface area contributed by atoms with Crippen molar-refractivity contribution in [3.63, 3.8) is 0 Å². The van der Waals surface area contributed by atoms with Crippen molar-refractivity contribution < 1.29 is 4.57 Å². The lowest BCUT2D eigenvalue weighted by molar-refractivity contribution is -0.655. The predicted octanol–water partition coefficient (Wildman–Crippen LogP) is 4.66. The normalized spacial score (nSPS) is 13.3. The highest BCUT2D eigenvalue weighted by molar-refractivity contribution is 7.98. The third kappa shape index (κ3) is 1.74. The highest BCUT2D eigenvalue weighted by Gasteiger charge is 2.26. The summed E-state index contributed by atoms with van der Waals surface area (Å²) in [4.78, 5) is 1.42. The Morgan fingerprint density at radius 2 is 1.78 bits per heavy atom. The van der Waals surface area contributed by atoms with Crippen LogP contribution in [0.5, 0.6) is 0 Å². The fourth-order valence-corrected chi connectivity index (χ4v) is 4.95. The minimum atomic E-state index is 0.983. The molecule has 0 amide bonds. The molecule has 2 nitrogen and oxygen atoms in total. The topological polar surface area (TPSA) is 8.81 Å². The minimum absolute atomic E-state index is 0.983. The Labute approximate surface area is 139 Å². The van der Waals surface area contributed by atoms with E-state index in [1.807, 2.05) is 11.8 Å². The average Bonchev–Trinajstić information content (AvgIpc) is 3.00. The van der Waals surface area contributed by atoms with E-state index in [1.165, 1.54) is 43.5 Å². The molecule has 4 aromatic rings. The molecule has 0 saturated heterocycles. The molecule has 2 aromatic heterocycles. The number of aryl methyl sites for hydroxylation is 2. The predicted molar refractivity (Wildman–Crippen MR) is 96.7 cm³/mol. The minimum Gasteiger partial charge on any atom is -0.351 e. The van der Waals surface area contributed by atoms with E-state index in [4.69, 9.17) is 0 Å². The Morgan fingerprint density at radius 1 is 1.00 bits per heavy atom. The maximum absolute atomic E-state index is 2.45. The molecular formula is C20H17N2S+. The molecule has 5 rings (SSSR count). The second-order valence-corrected chi connectivity index (χ2v) is 7.18. The standard InChI is InChI=1S/C20H17N2S/c1-13-5-6-15-8-7-14-9-10-16(17-4-3-11-21(17)2)20-18(14)19(15)22(13)12-23-20/h3-11H,12H2,1-2H3/q+1. The van der Waals surface area contributed by atoms with Gasteiger partial charge in [-0.05, 0) is 29.7 Å². The second kappa shape index (κ2) is 4.62. The molecule has 0 aliphatic carbocycles. The number of benzene rings is 2. The first kappa shape index (κ1) is 13.2. The van der Waals surface area contributed by atoms with Gasteiger partial charge in [0.15, 0.2) is 11.6 Å². The summed E-state index contributed by atoms with van der Waals surface area (Å²) in [5.41, 5.74) is 5.34. The van der Waals surface area contributed by atoms with Crippen LogP contribution in [0.2, 0.25) is 0 Å². The molecule has 23 heavy (non-hydrogen) atoms. The molecule has 1 aliphatic heterocycles. The number of nitrogens with zero attached hydrogens (tertiary/aromatic N) is 2. The average molecular weight is 317 g/mol. The van der Waals surface area contributed by atoms with Gasteiger partial charge in [0.05, 0.1) is 5.39 Å². The third-order valence-corrected chi connectivity index (χ3v) is 6.00. The van der Waals surface area contributed by atoms with Gasteiger partial charge in [0.2, 0.25) is 5.52 Å². The van der Waals surface area contributed by atoms with Crippen LogP contribution in [0.4, 0.5) is 0 Å². The van der Waals surface area contributed by atoms with Gasteiger partial charge in [-0.15, -0.1) is 0 Å². The van der Waals surface area contributed by atoms with Gasteiger partial charge in [0.1, 0.15) is 0 Å². The van der Waals surface area contributed by atoms with Crippen LogP contribution in [0.3, 0.4) is 0 Å². The molecule has 0 atom stereocenters. The van der Waals surface area contributed by atoms with Crippen LogP contribution in [0.1, 0.15) is 5.69 Å². The van der Waals surface area contributed by atoms with Crippen LogP contribution in [-0.4, -0.2) is 4.57 Å². The summed E-state index contributed by atoms with van der Waals surface area (Å²) in [5, 5.41) is 4.06. The van der Waals surface area contributed by atoms with E-state index < -0.39 is 0 Å². The lowest BCUT2D eigenvalue weighted by atomic mass is 10.0. The number of thioether (sulfide) groups is 1. The van der Waals surface area contributed by atoms with Crippen LogP contribution in [-0.2, 0) is 12.9 Å². The van der Waals surface area contributed by atoms with Gasteiger partial charge in [-0.25, -0.2) is 0 Å². The number of hydrogen-bond acceptors (Lipinski definition) is 1. The fraction of sp³-hybridized carbons (Fsp3) is 0.150. The van der Waals surface area contributed by atoms with Crippen LogP contribution < -0.4 is 4.57 Å². The molecule has 0 saturated carbocycles. The largest absolute Gasteiger partial charge is 0.351 e. The summed E-state index contributed by atoms with van der Waals surface area (Å²) in [7, 11) is 2.12. The van der Waals surface area contributed by atoms with E-state index in [0.29, 0.717) is 0 Å². The summed E-state index contributed by atoms with van der Waals surface area (Å²) >= 11 is 1.95. The highest BCUT2D eigenvalue weighted by Crippen LogP contribution is 2.42. The summed E-state index contributed by atoms with van der Waals surface area (Å²) < 4.78 is 4.65. The van der Waals surface area contributed by atoms with Crippen molar-refractivity contribution in [1.82, 2.24) is 4.57 Å². The quantitative estimate of drug-likeness (QED) is 0.366. The Kier molecular flexibility index (Phi) is 2.65. The smallest absolute Gasteiger partial charge is 0.222 e. The molecule has 0 fully saturated rings. The number of aromatic nitrogens is 2. The molecule has 1 aliphatic rings. The Hall–Kier alpha value is -2.26. The summed E-state index contributed by atoms with van der Waals surface area (Å²) in [6.07, 6.45) is 2.12. The first-order chi connectivity index (χ1) is 11.2. The molecular weight excluding hydrogens is 300 g/mol. The summed E-state index contributed by atoms with van der Waals surface area (Å²) in [5.74, 6) is 0.983. The molecule has 112 valence electrons. The van der Waals surface area contributed by atoms with Crippen molar-refractivity contribution in [2.24, 2.45) is 7.05 Å². The first-order valence-corrected chi connectivity index (χ1v) is 8.86. The SMILES string of the molecule is Cc1ccc2ccc3ccc(-c4cccn4C)c4c3c2[n+]1CS4. The van der Waals surface area contributed by atoms with Crippen molar-refractivity contribution >= 4 is 33.4 Å². The second-order valence-electron chi connectivity index (χ2n) is 6.22. The van der Waals surface area contributed by atoms with Gasteiger partial charge in [-0.2, -0.15) is 4.57 Å². The Bertz CT molecular complexity index is 1090.